The van der Waals surface area contributed by atoms with Crippen LogP contribution >= 0.6 is 0 Å². The summed E-state index contributed by atoms with van der Waals surface area (Å²) in [5.74, 6) is 0. The SMILES string of the molecule is C=CCCC(OCC)OCC. The van der Waals surface area contributed by atoms with E-state index in [0.717, 1.165) is 12.8 Å². The van der Waals surface area contributed by atoms with E-state index in [1.165, 1.54) is 0 Å². The molecule has 0 spiro atoms. The van der Waals surface area contributed by atoms with Crippen molar-refractivity contribution >= 4 is 0 Å². The molecule has 0 heterocycles. The second kappa shape index (κ2) is 7.76. The maximum absolute atomic E-state index is 5.31. The van der Waals surface area contributed by atoms with Crippen LogP contribution < -0.4 is 0 Å². The molecule has 0 N–H and O–H groups in total. The van der Waals surface area contributed by atoms with Crippen LogP contribution in [0.25, 0.3) is 0 Å². The highest BCUT2D eigenvalue weighted by Gasteiger charge is 2.04. The maximum atomic E-state index is 5.31. The van der Waals surface area contributed by atoms with E-state index in [4.69, 9.17) is 9.47 Å². The summed E-state index contributed by atoms with van der Waals surface area (Å²) in [5.41, 5.74) is 0. The predicted molar refractivity (Wildman–Crippen MR) is 46.5 cm³/mol. The van der Waals surface area contributed by atoms with E-state index in [-0.39, 0.29) is 6.29 Å². The zero-order valence-corrected chi connectivity index (χ0v) is 7.51. The van der Waals surface area contributed by atoms with Crippen LogP contribution in [-0.2, 0) is 9.47 Å². The van der Waals surface area contributed by atoms with Gasteiger partial charge in [0.15, 0.2) is 6.29 Å². The monoisotopic (exact) mass is 158 g/mol. The van der Waals surface area contributed by atoms with Crippen LogP contribution in [0.1, 0.15) is 26.7 Å². The van der Waals surface area contributed by atoms with Crippen molar-refractivity contribution in [3.8, 4) is 0 Å². The van der Waals surface area contributed by atoms with Gasteiger partial charge in [0.05, 0.1) is 0 Å². The lowest BCUT2D eigenvalue weighted by Crippen LogP contribution is -2.16. The lowest BCUT2D eigenvalue weighted by molar-refractivity contribution is -0.138. The first-order valence-corrected chi connectivity index (χ1v) is 4.19. The largest absolute Gasteiger partial charge is 0.353 e. The molecule has 0 fully saturated rings. The molecule has 0 rings (SSSR count). The van der Waals surface area contributed by atoms with Crippen molar-refractivity contribution < 1.29 is 9.47 Å². The normalized spacial score (nSPS) is 10.5. The Labute approximate surface area is 69.2 Å². The number of allylic oxidation sites excluding steroid dienone is 1. The third-order valence-corrected chi connectivity index (χ3v) is 1.31. The Morgan fingerprint density at radius 3 is 2.18 bits per heavy atom. The van der Waals surface area contributed by atoms with Crippen LogP contribution in [0.4, 0.5) is 0 Å². The number of hydrogen-bond acceptors (Lipinski definition) is 2. The molecule has 11 heavy (non-hydrogen) atoms. The fourth-order valence-electron chi connectivity index (χ4n) is 0.840. The molecule has 0 atom stereocenters. The molecule has 0 aliphatic carbocycles. The Morgan fingerprint density at radius 2 is 1.82 bits per heavy atom. The highest BCUT2D eigenvalue weighted by Crippen LogP contribution is 2.04. The van der Waals surface area contributed by atoms with E-state index in [9.17, 15) is 0 Å². The average Bonchev–Trinajstić information content (AvgIpc) is 2.01. The molecule has 66 valence electrons. The van der Waals surface area contributed by atoms with Crippen LogP contribution in [0.2, 0.25) is 0 Å². The topological polar surface area (TPSA) is 18.5 Å². The predicted octanol–water partition coefficient (Wildman–Crippen LogP) is 2.35. The van der Waals surface area contributed by atoms with Gasteiger partial charge >= 0.3 is 0 Å². The van der Waals surface area contributed by atoms with Gasteiger partial charge in [0.2, 0.25) is 0 Å². The Kier molecular flexibility index (Phi) is 7.52. The Hall–Kier alpha value is -0.340. The number of ether oxygens (including phenoxy) is 2. The van der Waals surface area contributed by atoms with E-state index in [0.29, 0.717) is 13.2 Å². The molecule has 0 aromatic rings. The molecular formula is C9H18O2. The zero-order chi connectivity index (χ0) is 8.53. The molecule has 0 aromatic heterocycles. The van der Waals surface area contributed by atoms with Crippen molar-refractivity contribution in [2.45, 2.75) is 33.0 Å². The summed E-state index contributed by atoms with van der Waals surface area (Å²) in [6.07, 6.45) is 3.70. The lowest BCUT2D eigenvalue weighted by atomic mass is 10.3. The zero-order valence-electron chi connectivity index (χ0n) is 7.51. The minimum atomic E-state index is -0.0389. The summed E-state index contributed by atoms with van der Waals surface area (Å²) in [6.45, 7) is 9.01. The van der Waals surface area contributed by atoms with Crippen LogP contribution in [0.15, 0.2) is 12.7 Å². The quantitative estimate of drug-likeness (QED) is 0.418. The van der Waals surface area contributed by atoms with Gasteiger partial charge in [-0.25, -0.2) is 0 Å². The molecule has 2 nitrogen and oxygen atoms in total. The first-order valence-electron chi connectivity index (χ1n) is 4.19. The van der Waals surface area contributed by atoms with Gasteiger partial charge in [-0.05, 0) is 20.3 Å². The van der Waals surface area contributed by atoms with E-state index < -0.39 is 0 Å². The summed E-state index contributed by atoms with van der Waals surface area (Å²) in [4.78, 5) is 0. The van der Waals surface area contributed by atoms with Gasteiger partial charge in [-0.3, -0.25) is 0 Å². The molecule has 2 heteroatoms. The Bertz CT molecular complexity index is 85.6. The lowest BCUT2D eigenvalue weighted by Gasteiger charge is -2.15. The van der Waals surface area contributed by atoms with Gasteiger partial charge in [0.1, 0.15) is 0 Å². The molecule has 0 aliphatic heterocycles. The average molecular weight is 158 g/mol. The minimum Gasteiger partial charge on any atom is -0.353 e. The van der Waals surface area contributed by atoms with Crippen molar-refractivity contribution in [1.82, 2.24) is 0 Å². The van der Waals surface area contributed by atoms with E-state index in [1.54, 1.807) is 0 Å². The molecule has 0 amide bonds. The van der Waals surface area contributed by atoms with E-state index >= 15 is 0 Å². The summed E-state index contributed by atoms with van der Waals surface area (Å²) in [7, 11) is 0. The van der Waals surface area contributed by atoms with Crippen LogP contribution in [0, 0.1) is 0 Å². The van der Waals surface area contributed by atoms with Crippen LogP contribution in [0.5, 0.6) is 0 Å². The fraction of sp³-hybridized carbons (Fsp3) is 0.778. The minimum absolute atomic E-state index is 0.0389. The fourth-order valence-corrected chi connectivity index (χ4v) is 0.840. The Morgan fingerprint density at radius 1 is 1.27 bits per heavy atom. The molecule has 0 saturated heterocycles. The first kappa shape index (κ1) is 10.7. The van der Waals surface area contributed by atoms with Crippen molar-refractivity contribution in [2.75, 3.05) is 13.2 Å². The van der Waals surface area contributed by atoms with Crippen molar-refractivity contribution in [1.29, 1.82) is 0 Å². The summed E-state index contributed by atoms with van der Waals surface area (Å²) < 4.78 is 10.6. The summed E-state index contributed by atoms with van der Waals surface area (Å²) >= 11 is 0. The van der Waals surface area contributed by atoms with Gasteiger partial charge in [0.25, 0.3) is 0 Å². The van der Waals surface area contributed by atoms with Crippen molar-refractivity contribution in [3.05, 3.63) is 12.7 Å². The molecule has 0 saturated carbocycles. The van der Waals surface area contributed by atoms with Gasteiger partial charge in [-0.1, -0.05) is 6.08 Å². The van der Waals surface area contributed by atoms with Gasteiger partial charge in [-0.2, -0.15) is 0 Å². The molecule has 0 bridgehead atoms. The third kappa shape index (κ3) is 6.07. The van der Waals surface area contributed by atoms with Crippen molar-refractivity contribution in [3.63, 3.8) is 0 Å². The standard InChI is InChI=1S/C9H18O2/c1-4-7-8-9(10-5-2)11-6-3/h4,9H,1,5-8H2,2-3H3. The van der Waals surface area contributed by atoms with Gasteiger partial charge < -0.3 is 9.47 Å². The first-order chi connectivity index (χ1) is 5.35. The Balaban J connectivity index is 3.41. The molecular weight excluding hydrogens is 140 g/mol. The highest BCUT2D eigenvalue weighted by atomic mass is 16.7. The molecule has 0 radical (unpaired) electrons. The van der Waals surface area contributed by atoms with Gasteiger partial charge in [-0.15, -0.1) is 6.58 Å². The second-order valence-electron chi connectivity index (χ2n) is 2.21. The smallest absolute Gasteiger partial charge is 0.157 e. The van der Waals surface area contributed by atoms with Crippen LogP contribution in [0.3, 0.4) is 0 Å². The van der Waals surface area contributed by atoms with Gasteiger partial charge in [0, 0.05) is 19.6 Å². The number of hydrogen-bond donors (Lipinski definition) is 0. The summed E-state index contributed by atoms with van der Waals surface area (Å²) in [6, 6.07) is 0. The van der Waals surface area contributed by atoms with Crippen LogP contribution in [-0.4, -0.2) is 19.5 Å². The molecule has 0 aromatic carbocycles. The second-order valence-corrected chi connectivity index (χ2v) is 2.21. The highest BCUT2D eigenvalue weighted by molar-refractivity contribution is 4.66. The van der Waals surface area contributed by atoms with E-state index in [1.807, 2.05) is 19.9 Å². The summed E-state index contributed by atoms with van der Waals surface area (Å²) in [5, 5.41) is 0. The van der Waals surface area contributed by atoms with E-state index in [2.05, 4.69) is 6.58 Å². The maximum Gasteiger partial charge on any atom is 0.157 e. The molecule has 0 unspecified atom stereocenters. The number of rotatable bonds is 7. The third-order valence-electron chi connectivity index (χ3n) is 1.31. The molecule has 0 aliphatic rings. The van der Waals surface area contributed by atoms with Crippen molar-refractivity contribution in [2.24, 2.45) is 0 Å².